The molecule has 4 aromatic rings. The van der Waals surface area contributed by atoms with Crippen molar-refractivity contribution in [2.24, 2.45) is 0 Å². The minimum Gasteiger partial charge on any atom is -0.382 e. The Bertz CT molecular complexity index is 1950. The fourth-order valence-electron chi connectivity index (χ4n) is 5.27. The Balaban J connectivity index is 1.17. The van der Waals surface area contributed by atoms with Crippen LogP contribution in [-0.2, 0) is 43.9 Å². The summed E-state index contributed by atoms with van der Waals surface area (Å²) in [5.74, 6) is -0.235. The fourth-order valence-corrected chi connectivity index (χ4v) is 7.71. The van der Waals surface area contributed by atoms with Crippen molar-refractivity contribution in [2.45, 2.75) is 49.2 Å². The summed E-state index contributed by atoms with van der Waals surface area (Å²) in [5, 5.41) is 0. The van der Waals surface area contributed by atoms with E-state index in [-0.39, 0.29) is 34.1 Å². The maximum Gasteiger partial charge on any atom is 0.325 e. The minimum absolute atomic E-state index is 0.0372. The number of rotatable bonds is 2. The van der Waals surface area contributed by atoms with Crippen LogP contribution in [0.25, 0.3) is 22.3 Å². The molecule has 3 aliphatic rings. The van der Waals surface area contributed by atoms with Crippen molar-refractivity contribution < 1.29 is 45.8 Å². The molecule has 25 heteroatoms. The second-order valence-corrected chi connectivity index (χ2v) is 14.5. The van der Waals surface area contributed by atoms with E-state index in [1.54, 1.807) is 0 Å². The lowest BCUT2D eigenvalue weighted by molar-refractivity contribution is -0.0566. The summed E-state index contributed by atoms with van der Waals surface area (Å²) in [7, 11) is 1.19. The number of hydrogen-bond acceptors (Lipinski definition) is 16. The molecule has 0 amide bonds. The molecule has 19 nitrogen and oxygen atoms in total. The van der Waals surface area contributed by atoms with Crippen molar-refractivity contribution in [1.82, 2.24) is 39.0 Å². The van der Waals surface area contributed by atoms with Crippen molar-refractivity contribution in [3.8, 4) is 0 Å². The van der Waals surface area contributed by atoms with Gasteiger partial charge in [0.25, 0.3) is 13.0 Å². The van der Waals surface area contributed by atoms with Gasteiger partial charge in [-0.05, 0) is 11.8 Å². The third kappa shape index (κ3) is 5.45. The Morgan fingerprint density at radius 1 is 0.956 bits per heavy atom. The molecule has 0 spiro atoms. The number of imidazole rings is 2. The molecule has 0 saturated carbocycles. The number of H-pyrrole nitrogens is 1. The normalized spacial score (nSPS) is 37.7. The number of halogens is 2. The smallest absolute Gasteiger partial charge is 0.325 e. The van der Waals surface area contributed by atoms with E-state index in [1.807, 2.05) is 0 Å². The predicted molar refractivity (Wildman–Crippen MR) is 151 cm³/mol. The number of nitrogens with one attached hydrogen (secondary N) is 1. The van der Waals surface area contributed by atoms with E-state index in [0.717, 1.165) is 17.2 Å². The van der Waals surface area contributed by atoms with E-state index >= 15 is 8.78 Å². The van der Waals surface area contributed by atoms with E-state index in [0.29, 0.717) is 0 Å². The summed E-state index contributed by atoms with van der Waals surface area (Å²) in [6.45, 7) is -5.72. The van der Waals surface area contributed by atoms with Crippen LogP contribution in [0.15, 0.2) is 23.8 Å². The maximum absolute atomic E-state index is 16.0. The van der Waals surface area contributed by atoms with Gasteiger partial charge in [-0.15, -0.1) is 0 Å². The molecule has 0 aliphatic carbocycles. The number of nitrogens with zero attached hydrogens (tertiary/aromatic N) is 7. The lowest BCUT2D eigenvalue weighted by Crippen LogP contribution is -2.37. The SMILES string of the molecule is [B]P1(=O)OC[C@H]2O[C@@H](n3cnc4c(N)ncnc43)[C@@H](F)C2OP(O)(=S)OC[C@H]2O[C@@H](n3cnc4c(=O)[nH]c(N)nc43)[C@@H](F)C2O1. The first-order chi connectivity index (χ1) is 21.3. The predicted octanol–water partition coefficient (Wildman–Crippen LogP) is -0.0945. The quantitative estimate of drug-likeness (QED) is 0.159. The third-order valence-electron chi connectivity index (χ3n) is 7.26. The Kier molecular flexibility index (Phi) is 7.55. The van der Waals surface area contributed by atoms with Crippen LogP contribution < -0.4 is 17.0 Å². The molecule has 7 rings (SSSR count). The standard InChI is InChI=1S/C20H21BF2N10O9P2S/c21-43(35)37-1-6-13(9(23)18(39-6)32-4-28-10-14(24)26-3-27-15(10)32)42-44(36,45)38-2-7-12(41-43)8(22)19(40-7)33-5-29-11-16(33)30-20(25)31-17(11)34/h3-9,12-13,18-19H,1-2H2,(H,36,45)(H2,24,26,27)(H3,25,30,31,34)/t6-,7-,8+,9+,12?,13?,18-,19-,43?,44?/m1/s1. The number of aromatic nitrogens is 8. The zero-order valence-electron chi connectivity index (χ0n) is 22.4. The molecule has 4 aromatic heterocycles. The third-order valence-corrected chi connectivity index (χ3v) is 9.87. The van der Waals surface area contributed by atoms with Gasteiger partial charge < -0.3 is 39.4 Å². The first-order valence-electron chi connectivity index (χ1n) is 12.9. The van der Waals surface area contributed by atoms with E-state index in [4.69, 9.17) is 58.4 Å². The Hall–Kier alpha value is -2.98. The molecule has 3 saturated heterocycles. The summed E-state index contributed by atoms with van der Waals surface area (Å²) in [4.78, 5) is 45.3. The van der Waals surface area contributed by atoms with E-state index < -0.39 is 82.2 Å². The van der Waals surface area contributed by atoms with Crippen molar-refractivity contribution in [3.05, 3.63) is 29.3 Å². The first kappa shape index (κ1) is 30.7. The molecule has 6 N–H and O–H groups in total. The average Bonchev–Trinajstić information content (AvgIpc) is 3.72. The molecule has 238 valence electrons. The van der Waals surface area contributed by atoms with Crippen molar-refractivity contribution >= 4 is 67.7 Å². The monoisotopic (exact) mass is 688 g/mol. The summed E-state index contributed by atoms with van der Waals surface area (Å²) in [6, 6.07) is 0. The van der Waals surface area contributed by atoms with Gasteiger partial charge in [0.1, 0.15) is 36.3 Å². The zero-order valence-corrected chi connectivity index (χ0v) is 25.0. The summed E-state index contributed by atoms with van der Waals surface area (Å²) in [5.41, 5.74) is 10.8. The molecule has 3 fully saturated rings. The van der Waals surface area contributed by atoms with Gasteiger partial charge in [0.2, 0.25) is 13.5 Å². The molecular formula is C20H21BF2N10O9P2S. The molecule has 7 heterocycles. The number of nitrogens with two attached hydrogens (primary N) is 2. The topological polar surface area (TPSA) is 252 Å². The van der Waals surface area contributed by atoms with Crippen LogP contribution in [0.2, 0.25) is 0 Å². The van der Waals surface area contributed by atoms with Crippen LogP contribution in [0, 0.1) is 0 Å². The van der Waals surface area contributed by atoms with Gasteiger partial charge in [0.15, 0.2) is 47.4 Å². The highest BCUT2D eigenvalue weighted by atomic mass is 32.5. The van der Waals surface area contributed by atoms with Crippen LogP contribution >= 0.6 is 14.2 Å². The van der Waals surface area contributed by atoms with Gasteiger partial charge in [0, 0.05) is 0 Å². The highest BCUT2D eigenvalue weighted by molar-refractivity contribution is 8.07. The fraction of sp³-hybridized carbons (Fsp3) is 0.500. The molecular weight excluding hydrogens is 667 g/mol. The summed E-state index contributed by atoms with van der Waals surface area (Å²) < 4.78 is 80.7. The van der Waals surface area contributed by atoms with Crippen molar-refractivity contribution in [1.29, 1.82) is 0 Å². The van der Waals surface area contributed by atoms with Gasteiger partial charge in [-0.2, -0.15) is 4.98 Å². The Labute approximate surface area is 255 Å². The largest absolute Gasteiger partial charge is 0.382 e. The molecule has 2 radical (unpaired) electrons. The average molecular weight is 688 g/mol. The number of aromatic amines is 1. The van der Waals surface area contributed by atoms with Gasteiger partial charge in [-0.3, -0.25) is 28.0 Å². The Morgan fingerprint density at radius 2 is 1.56 bits per heavy atom. The molecule has 0 aromatic carbocycles. The van der Waals surface area contributed by atoms with Crippen molar-refractivity contribution in [2.75, 3.05) is 24.7 Å². The van der Waals surface area contributed by atoms with Crippen LogP contribution in [0.4, 0.5) is 20.5 Å². The minimum atomic E-state index is -4.62. The van der Waals surface area contributed by atoms with Crippen LogP contribution in [0.3, 0.4) is 0 Å². The second-order valence-electron chi connectivity index (χ2n) is 10.1. The molecule has 45 heavy (non-hydrogen) atoms. The summed E-state index contributed by atoms with van der Waals surface area (Å²) in [6.07, 6.45) is -9.99. The van der Waals surface area contributed by atoms with E-state index in [1.165, 1.54) is 10.9 Å². The molecule has 0 bridgehead atoms. The molecule has 4 unspecified atom stereocenters. The highest BCUT2D eigenvalue weighted by Gasteiger charge is 2.53. The van der Waals surface area contributed by atoms with Crippen LogP contribution in [0.1, 0.15) is 12.5 Å². The van der Waals surface area contributed by atoms with Gasteiger partial charge >= 0.3 is 6.72 Å². The van der Waals surface area contributed by atoms with Gasteiger partial charge in [-0.1, -0.05) is 0 Å². The number of fused-ring (bicyclic) bond motifs is 4. The van der Waals surface area contributed by atoms with Gasteiger partial charge in [0.05, 0.1) is 25.9 Å². The number of anilines is 2. The Morgan fingerprint density at radius 3 is 2.24 bits per heavy atom. The number of alkyl halides is 2. The van der Waals surface area contributed by atoms with Gasteiger partial charge in [-0.25, -0.2) is 28.7 Å². The molecule has 3 aliphatic heterocycles. The van der Waals surface area contributed by atoms with Crippen LogP contribution in [-0.4, -0.2) is 101 Å². The molecule has 10 atom stereocenters. The van der Waals surface area contributed by atoms with Crippen molar-refractivity contribution in [3.63, 3.8) is 0 Å². The van der Waals surface area contributed by atoms with Crippen LogP contribution in [0.5, 0.6) is 0 Å². The maximum atomic E-state index is 16.0. The number of hydrogen-bond donors (Lipinski definition) is 4. The number of nitrogen functional groups attached to an aromatic ring is 2. The lowest BCUT2D eigenvalue weighted by Gasteiger charge is -2.29. The number of ether oxygens (including phenoxy) is 2. The van der Waals surface area contributed by atoms with E-state index in [2.05, 4.69) is 29.9 Å². The first-order valence-corrected chi connectivity index (χ1v) is 17.1. The summed E-state index contributed by atoms with van der Waals surface area (Å²) >= 11 is 5.13. The highest BCUT2D eigenvalue weighted by Crippen LogP contribution is 2.54. The lowest BCUT2D eigenvalue weighted by atomic mass is 10.1. The zero-order chi connectivity index (χ0) is 31.8. The van der Waals surface area contributed by atoms with E-state index in [9.17, 15) is 14.3 Å². The second kappa shape index (κ2) is 11.1.